The summed E-state index contributed by atoms with van der Waals surface area (Å²) in [4.78, 5) is 9.22. The van der Waals surface area contributed by atoms with E-state index in [9.17, 15) is 0 Å². The minimum Gasteiger partial charge on any atom is -0.367 e. The van der Waals surface area contributed by atoms with Crippen molar-refractivity contribution >= 4 is 5.69 Å². The van der Waals surface area contributed by atoms with E-state index in [0.717, 1.165) is 25.3 Å². The summed E-state index contributed by atoms with van der Waals surface area (Å²) in [6.45, 7) is 6.06. The van der Waals surface area contributed by atoms with E-state index in [0.29, 0.717) is 12.6 Å². The van der Waals surface area contributed by atoms with Crippen molar-refractivity contribution in [3.8, 4) is 0 Å². The largest absolute Gasteiger partial charge is 0.367 e. The van der Waals surface area contributed by atoms with Crippen molar-refractivity contribution in [2.24, 2.45) is 5.73 Å². The van der Waals surface area contributed by atoms with Crippen LogP contribution in [0.25, 0.3) is 0 Å². The number of piperazine rings is 1. The highest BCUT2D eigenvalue weighted by molar-refractivity contribution is 5.45. The van der Waals surface area contributed by atoms with Gasteiger partial charge in [0.2, 0.25) is 0 Å². The Balaban J connectivity index is 2.06. The van der Waals surface area contributed by atoms with Gasteiger partial charge in [-0.25, -0.2) is 0 Å². The third-order valence-corrected chi connectivity index (χ3v) is 3.63. The summed E-state index contributed by atoms with van der Waals surface area (Å²) >= 11 is 0. The van der Waals surface area contributed by atoms with Crippen LogP contribution in [0, 0.1) is 0 Å². The number of nitrogens with two attached hydrogens (primary N) is 1. The van der Waals surface area contributed by atoms with Crippen LogP contribution < -0.4 is 10.6 Å². The van der Waals surface area contributed by atoms with Gasteiger partial charge in [0.05, 0.1) is 17.6 Å². The van der Waals surface area contributed by atoms with Crippen LogP contribution in [0.5, 0.6) is 0 Å². The summed E-state index contributed by atoms with van der Waals surface area (Å²) in [6.07, 6.45) is 3.14. The highest BCUT2D eigenvalue weighted by Crippen LogP contribution is 2.19. The molecule has 0 bridgehead atoms. The summed E-state index contributed by atoms with van der Waals surface area (Å²) in [7, 11) is 2.21. The molecule has 1 aromatic rings. The zero-order valence-electron chi connectivity index (χ0n) is 10.8. The molecule has 17 heavy (non-hydrogen) atoms. The number of hydrogen-bond donors (Lipinski definition) is 1. The first kappa shape index (κ1) is 12.3. The maximum atomic E-state index is 5.56. The lowest BCUT2D eigenvalue weighted by Crippen LogP contribution is -2.51. The molecule has 2 rings (SSSR count). The van der Waals surface area contributed by atoms with Gasteiger partial charge in [0.1, 0.15) is 0 Å². The Morgan fingerprint density at radius 3 is 2.82 bits per heavy atom. The number of anilines is 1. The van der Waals surface area contributed by atoms with Crippen molar-refractivity contribution in [1.82, 2.24) is 9.88 Å². The van der Waals surface area contributed by atoms with Crippen LogP contribution in [-0.4, -0.2) is 42.6 Å². The van der Waals surface area contributed by atoms with Gasteiger partial charge in [0.15, 0.2) is 0 Å². The van der Waals surface area contributed by atoms with Gasteiger partial charge in [-0.05, 0) is 25.6 Å². The lowest BCUT2D eigenvalue weighted by atomic mass is 10.1. The SMILES string of the molecule is CCC1CN(c2ccc(CN)nc2)CCN1C. The van der Waals surface area contributed by atoms with Crippen molar-refractivity contribution in [2.45, 2.75) is 25.9 Å². The molecule has 2 heterocycles. The minimum absolute atomic E-state index is 0.514. The molecule has 1 saturated heterocycles. The minimum atomic E-state index is 0.514. The Morgan fingerprint density at radius 2 is 2.24 bits per heavy atom. The first-order valence-electron chi connectivity index (χ1n) is 6.34. The van der Waals surface area contributed by atoms with Crippen LogP contribution in [0.3, 0.4) is 0 Å². The molecule has 1 unspecified atom stereocenters. The average molecular weight is 234 g/mol. The van der Waals surface area contributed by atoms with Crippen molar-refractivity contribution in [2.75, 3.05) is 31.6 Å². The smallest absolute Gasteiger partial charge is 0.0553 e. The number of nitrogens with zero attached hydrogens (tertiary/aromatic N) is 3. The third-order valence-electron chi connectivity index (χ3n) is 3.63. The molecule has 1 aliphatic rings. The number of pyridine rings is 1. The van der Waals surface area contributed by atoms with Crippen molar-refractivity contribution in [3.05, 3.63) is 24.0 Å². The highest BCUT2D eigenvalue weighted by Gasteiger charge is 2.22. The van der Waals surface area contributed by atoms with Crippen LogP contribution in [-0.2, 0) is 6.54 Å². The van der Waals surface area contributed by atoms with Gasteiger partial charge in [-0.15, -0.1) is 0 Å². The van der Waals surface area contributed by atoms with Crippen molar-refractivity contribution in [3.63, 3.8) is 0 Å². The molecule has 1 fully saturated rings. The first-order valence-corrected chi connectivity index (χ1v) is 6.34. The Morgan fingerprint density at radius 1 is 1.41 bits per heavy atom. The monoisotopic (exact) mass is 234 g/mol. The molecule has 2 N–H and O–H groups in total. The first-order chi connectivity index (χ1) is 8.24. The summed E-state index contributed by atoms with van der Waals surface area (Å²) in [5.74, 6) is 0. The summed E-state index contributed by atoms with van der Waals surface area (Å²) in [6, 6.07) is 4.81. The zero-order valence-corrected chi connectivity index (χ0v) is 10.8. The topological polar surface area (TPSA) is 45.4 Å². The summed E-state index contributed by atoms with van der Waals surface area (Å²) in [5.41, 5.74) is 7.73. The molecule has 1 aliphatic heterocycles. The molecule has 0 aliphatic carbocycles. The van der Waals surface area contributed by atoms with Crippen LogP contribution in [0.2, 0.25) is 0 Å². The van der Waals surface area contributed by atoms with Gasteiger partial charge in [0.25, 0.3) is 0 Å². The molecule has 94 valence electrons. The molecule has 1 atom stereocenters. The maximum absolute atomic E-state index is 5.56. The maximum Gasteiger partial charge on any atom is 0.0553 e. The van der Waals surface area contributed by atoms with E-state index in [1.807, 2.05) is 12.3 Å². The zero-order chi connectivity index (χ0) is 12.3. The van der Waals surface area contributed by atoms with E-state index in [2.05, 4.69) is 34.8 Å². The van der Waals surface area contributed by atoms with Gasteiger partial charge in [-0.3, -0.25) is 9.88 Å². The van der Waals surface area contributed by atoms with Crippen LogP contribution >= 0.6 is 0 Å². The van der Waals surface area contributed by atoms with E-state index in [1.54, 1.807) is 0 Å². The number of likely N-dealkylation sites (N-methyl/N-ethyl adjacent to an activating group) is 1. The average Bonchev–Trinajstić information content (AvgIpc) is 2.39. The predicted octanol–water partition coefficient (Wildman–Crippen LogP) is 1.07. The van der Waals surface area contributed by atoms with Gasteiger partial charge in [-0.1, -0.05) is 6.92 Å². The molecule has 0 spiro atoms. The fourth-order valence-electron chi connectivity index (χ4n) is 2.35. The summed E-state index contributed by atoms with van der Waals surface area (Å²) in [5, 5.41) is 0. The van der Waals surface area contributed by atoms with Crippen molar-refractivity contribution < 1.29 is 0 Å². The molecule has 0 radical (unpaired) electrons. The van der Waals surface area contributed by atoms with Gasteiger partial charge < -0.3 is 10.6 Å². The van der Waals surface area contributed by atoms with E-state index >= 15 is 0 Å². The van der Waals surface area contributed by atoms with E-state index in [1.165, 1.54) is 12.1 Å². The molecule has 4 heteroatoms. The predicted molar refractivity (Wildman–Crippen MR) is 71.1 cm³/mol. The quantitative estimate of drug-likeness (QED) is 0.850. The van der Waals surface area contributed by atoms with Crippen LogP contribution in [0.1, 0.15) is 19.0 Å². The highest BCUT2D eigenvalue weighted by atomic mass is 15.3. The second-order valence-electron chi connectivity index (χ2n) is 4.70. The van der Waals surface area contributed by atoms with E-state index < -0.39 is 0 Å². The molecular weight excluding hydrogens is 212 g/mol. The normalized spacial score (nSPS) is 21.8. The number of aromatic nitrogens is 1. The number of rotatable bonds is 3. The van der Waals surface area contributed by atoms with Crippen LogP contribution in [0.15, 0.2) is 18.3 Å². The van der Waals surface area contributed by atoms with Crippen LogP contribution in [0.4, 0.5) is 5.69 Å². The molecule has 0 saturated carbocycles. The fourth-order valence-corrected chi connectivity index (χ4v) is 2.35. The molecule has 0 amide bonds. The summed E-state index contributed by atoms with van der Waals surface area (Å²) < 4.78 is 0. The molecule has 4 nitrogen and oxygen atoms in total. The lowest BCUT2D eigenvalue weighted by Gasteiger charge is -2.40. The lowest BCUT2D eigenvalue weighted by molar-refractivity contribution is 0.213. The molecular formula is C13H22N4. The second kappa shape index (κ2) is 5.47. The fraction of sp³-hybridized carbons (Fsp3) is 0.615. The number of hydrogen-bond acceptors (Lipinski definition) is 4. The van der Waals surface area contributed by atoms with Gasteiger partial charge >= 0.3 is 0 Å². The third kappa shape index (κ3) is 2.76. The van der Waals surface area contributed by atoms with Gasteiger partial charge in [0, 0.05) is 32.2 Å². The second-order valence-corrected chi connectivity index (χ2v) is 4.70. The standard InChI is InChI=1S/C13H22N4/c1-3-12-10-17(7-6-16(12)2)13-5-4-11(8-14)15-9-13/h4-5,9,12H,3,6-8,10,14H2,1-2H3. The Hall–Kier alpha value is -1.13. The van der Waals surface area contributed by atoms with Gasteiger partial charge in [-0.2, -0.15) is 0 Å². The Bertz CT molecular complexity index is 349. The van der Waals surface area contributed by atoms with Crippen molar-refractivity contribution in [1.29, 1.82) is 0 Å². The van der Waals surface area contributed by atoms with E-state index in [4.69, 9.17) is 5.73 Å². The Labute approximate surface area is 103 Å². The van der Waals surface area contributed by atoms with E-state index in [-0.39, 0.29) is 0 Å². The Kier molecular flexibility index (Phi) is 3.97. The molecule has 1 aromatic heterocycles. The molecule has 0 aromatic carbocycles.